The van der Waals surface area contributed by atoms with Crippen LogP contribution < -0.4 is 0 Å². The third kappa shape index (κ3) is 2.79. The number of hydrogen-bond acceptors (Lipinski definition) is 3. The molecule has 156 valence electrons. The molecule has 2 aromatic carbocycles. The van der Waals surface area contributed by atoms with Crippen molar-refractivity contribution in [1.82, 2.24) is 14.9 Å². The molecule has 0 radical (unpaired) electrons. The van der Waals surface area contributed by atoms with Gasteiger partial charge in [0, 0.05) is 32.5 Å². The Hall–Kier alpha value is -2.66. The lowest BCUT2D eigenvalue weighted by Gasteiger charge is -2.47. The molecular weight excluding hydrogens is 450 g/mol. The molecule has 2 aliphatic carbocycles. The molecule has 0 saturated heterocycles. The number of rotatable bonds is 2. The largest absolute Gasteiger partial charge is 0.361 e. The second kappa shape index (κ2) is 6.92. The van der Waals surface area contributed by atoms with Crippen molar-refractivity contribution in [2.75, 3.05) is 0 Å². The van der Waals surface area contributed by atoms with Crippen LogP contribution in [0.25, 0.3) is 16.9 Å². The van der Waals surface area contributed by atoms with E-state index in [4.69, 9.17) is 9.62 Å². The summed E-state index contributed by atoms with van der Waals surface area (Å²) in [5, 5.41) is 9.37. The molecule has 0 amide bonds. The van der Waals surface area contributed by atoms with Gasteiger partial charge in [-0.05, 0) is 49.4 Å². The number of nitrogens with zero attached hydrogens (tertiary/aromatic N) is 3. The Morgan fingerprint density at radius 1 is 1.10 bits per heavy atom. The van der Waals surface area contributed by atoms with Crippen molar-refractivity contribution in [2.24, 2.45) is 5.92 Å². The minimum absolute atomic E-state index is 0.0291. The Labute approximate surface area is 190 Å². The van der Waals surface area contributed by atoms with Crippen molar-refractivity contribution < 1.29 is 4.52 Å². The summed E-state index contributed by atoms with van der Waals surface area (Å²) in [6.45, 7) is 4.73. The van der Waals surface area contributed by atoms with Crippen LogP contribution in [0.5, 0.6) is 0 Å². The van der Waals surface area contributed by atoms with Crippen LogP contribution in [0, 0.1) is 5.92 Å². The normalized spacial score (nSPS) is 24.4. The number of aromatic nitrogens is 3. The predicted octanol–water partition coefficient (Wildman–Crippen LogP) is 6.47. The topological polar surface area (TPSA) is 43.9 Å². The molecule has 3 atom stereocenters. The molecule has 2 heterocycles. The van der Waals surface area contributed by atoms with Crippen LogP contribution in [0.3, 0.4) is 0 Å². The van der Waals surface area contributed by atoms with E-state index in [1.54, 1.807) is 0 Å². The number of hydrogen-bond donors (Lipinski definition) is 0. The molecule has 4 nitrogen and oxygen atoms in total. The zero-order valence-corrected chi connectivity index (χ0v) is 19.3. The summed E-state index contributed by atoms with van der Waals surface area (Å²) in [4.78, 5) is 0. The summed E-state index contributed by atoms with van der Waals surface area (Å²) in [5.41, 5.74) is 7.35. The Morgan fingerprint density at radius 2 is 1.87 bits per heavy atom. The zero-order chi connectivity index (χ0) is 21.2. The Balaban J connectivity index is 1.61. The van der Waals surface area contributed by atoms with Gasteiger partial charge in [0.1, 0.15) is 5.76 Å². The van der Waals surface area contributed by atoms with Crippen LogP contribution in [-0.4, -0.2) is 14.9 Å². The van der Waals surface area contributed by atoms with Gasteiger partial charge in [-0.2, -0.15) is 5.10 Å². The fourth-order valence-electron chi connectivity index (χ4n) is 6.04. The van der Waals surface area contributed by atoms with Gasteiger partial charge in [0.2, 0.25) is 0 Å². The summed E-state index contributed by atoms with van der Waals surface area (Å²) >= 11 is 3.58. The molecule has 0 saturated carbocycles. The van der Waals surface area contributed by atoms with Crippen LogP contribution in [0.15, 0.2) is 69.8 Å². The maximum Gasteiger partial charge on any atom is 0.143 e. The van der Waals surface area contributed by atoms with Gasteiger partial charge >= 0.3 is 0 Å². The van der Waals surface area contributed by atoms with Gasteiger partial charge < -0.3 is 4.52 Å². The van der Waals surface area contributed by atoms with Crippen molar-refractivity contribution in [2.45, 2.75) is 44.4 Å². The fourth-order valence-corrected chi connectivity index (χ4v) is 6.30. The molecule has 2 aliphatic rings. The van der Waals surface area contributed by atoms with E-state index in [1.165, 1.54) is 22.4 Å². The number of benzene rings is 2. The first-order chi connectivity index (χ1) is 15.1. The van der Waals surface area contributed by atoms with Crippen LogP contribution in [-0.2, 0) is 18.3 Å². The number of fused-ring (bicyclic) bond motifs is 4. The molecular formula is C26H24BrN3O. The third-order valence-electron chi connectivity index (χ3n) is 7.42. The second-order valence-corrected chi connectivity index (χ2v) is 10.1. The minimum Gasteiger partial charge on any atom is -0.361 e. The van der Waals surface area contributed by atoms with E-state index < -0.39 is 0 Å². The van der Waals surface area contributed by atoms with Gasteiger partial charge in [-0.1, -0.05) is 65.3 Å². The SMILES string of the molecule is C[C@H]1c2oncc2C[C@@]2(C)c3c(c(-c4ccccc4)nn3-c3ccc(Br)cc3)CC[C@H]12. The molecule has 6 rings (SSSR count). The van der Waals surface area contributed by atoms with E-state index in [9.17, 15) is 0 Å². The van der Waals surface area contributed by atoms with E-state index in [0.29, 0.717) is 11.8 Å². The highest BCUT2D eigenvalue weighted by Gasteiger charge is 2.51. The van der Waals surface area contributed by atoms with E-state index in [0.717, 1.165) is 40.9 Å². The molecule has 0 N–H and O–H groups in total. The molecule has 31 heavy (non-hydrogen) atoms. The van der Waals surface area contributed by atoms with Crippen LogP contribution >= 0.6 is 15.9 Å². The standard InChI is InChI=1S/C26H24BrN3O/c1-16-22-13-12-21-23(17-6-4-3-5-7-17)29-30(20-10-8-19(27)9-11-20)25(21)26(22,2)14-18-15-28-31-24(16)18/h3-11,15-16,22H,12-14H2,1-2H3/t16-,22-,26-/m1/s1. The molecule has 0 fully saturated rings. The maximum absolute atomic E-state index is 5.68. The molecule has 0 bridgehead atoms. The third-order valence-corrected chi connectivity index (χ3v) is 7.95. The van der Waals surface area contributed by atoms with Crippen LogP contribution in [0.2, 0.25) is 0 Å². The lowest BCUT2D eigenvalue weighted by molar-refractivity contribution is 0.170. The van der Waals surface area contributed by atoms with E-state index in [2.05, 4.69) is 94.2 Å². The number of halogens is 1. The molecule has 4 aromatic rings. The van der Waals surface area contributed by atoms with E-state index in [-0.39, 0.29) is 5.41 Å². The van der Waals surface area contributed by atoms with Gasteiger partial charge in [-0.3, -0.25) is 0 Å². The van der Waals surface area contributed by atoms with Gasteiger partial charge in [0.25, 0.3) is 0 Å². The van der Waals surface area contributed by atoms with E-state index >= 15 is 0 Å². The first kappa shape index (κ1) is 19.1. The molecule has 5 heteroatoms. The monoisotopic (exact) mass is 473 g/mol. The maximum atomic E-state index is 5.68. The average molecular weight is 474 g/mol. The average Bonchev–Trinajstić information content (AvgIpc) is 3.40. The first-order valence-corrected chi connectivity index (χ1v) is 11.7. The van der Waals surface area contributed by atoms with Crippen molar-refractivity contribution in [1.29, 1.82) is 0 Å². The summed E-state index contributed by atoms with van der Waals surface area (Å²) < 4.78 is 8.96. The summed E-state index contributed by atoms with van der Waals surface area (Å²) in [5.74, 6) is 1.91. The first-order valence-electron chi connectivity index (χ1n) is 10.9. The Morgan fingerprint density at radius 3 is 2.65 bits per heavy atom. The highest BCUT2D eigenvalue weighted by molar-refractivity contribution is 9.10. The summed E-state index contributed by atoms with van der Waals surface area (Å²) in [7, 11) is 0. The highest BCUT2D eigenvalue weighted by atomic mass is 79.9. The zero-order valence-electron chi connectivity index (χ0n) is 17.7. The van der Waals surface area contributed by atoms with Gasteiger partial charge in [0.15, 0.2) is 0 Å². The molecule has 0 aliphatic heterocycles. The predicted molar refractivity (Wildman–Crippen MR) is 124 cm³/mol. The Kier molecular flexibility index (Phi) is 4.26. The van der Waals surface area contributed by atoms with Crippen molar-refractivity contribution in [3.05, 3.63) is 87.8 Å². The van der Waals surface area contributed by atoms with Crippen LogP contribution in [0.4, 0.5) is 0 Å². The fraction of sp³-hybridized carbons (Fsp3) is 0.308. The van der Waals surface area contributed by atoms with Crippen molar-refractivity contribution in [3.8, 4) is 16.9 Å². The van der Waals surface area contributed by atoms with Crippen molar-refractivity contribution >= 4 is 15.9 Å². The van der Waals surface area contributed by atoms with Gasteiger partial charge in [0.05, 0.1) is 23.3 Å². The van der Waals surface area contributed by atoms with Crippen molar-refractivity contribution in [3.63, 3.8) is 0 Å². The lowest BCUT2D eigenvalue weighted by Crippen LogP contribution is -2.45. The smallest absolute Gasteiger partial charge is 0.143 e. The van der Waals surface area contributed by atoms with Gasteiger partial charge in [-0.15, -0.1) is 0 Å². The summed E-state index contributed by atoms with van der Waals surface area (Å²) in [6.07, 6.45) is 5.02. The molecule has 0 unspecified atom stereocenters. The summed E-state index contributed by atoms with van der Waals surface area (Å²) in [6, 6.07) is 19.1. The van der Waals surface area contributed by atoms with E-state index in [1.807, 2.05) is 6.20 Å². The quantitative estimate of drug-likeness (QED) is 0.335. The van der Waals surface area contributed by atoms with Gasteiger partial charge in [-0.25, -0.2) is 4.68 Å². The minimum atomic E-state index is -0.0291. The lowest BCUT2D eigenvalue weighted by atomic mass is 9.56. The second-order valence-electron chi connectivity index (χ2n) is 9.17. The Bertz CT molecular complexity index is 1260. The molecule has 0 spiro atoms. The van der Waals surface area contributed by atoms with Crippen LogP contribution in [0.1, 0.15) is 48.8 Å². The highest BCUT2D eigenvalue weighted by Crippen LogP contribution is 2.55. The molecule has 2 aromatic heterocycles.